The molecule has 1 heterocycles. The number of rotatable bonds is 8. The van der Waals surface area contributed by atoms with Crippen molar-refractivity contribution >= 4 is 29.9 Å². The maximum Gasteiger partial charge on any atom is 0.188 e. The fraction of sp³-hybridized carbons (Fsp3) is 0.611. The number of nitrogens with one attached hydrogen (secondary N) is 1. The lowest BCUT2D eigenvalue weighted by Crippen LogP contribution is -2.36. The van der Waals surface area contributed by atoms with Crippen molar-refractivity contribution in [1.29, 1.82) is 0 Å². The first-order valence-electron chi connectivity index (χ1n) is 8.66. The zero-order valence-electron chi connectivity index (χ0n) is 14.8. The molecule has 0 aliphatic carbocycles. The minimum atomic E-state index is 0. The van der Waals surface area contributed by atoms with Crippen molar-refractivity contribution in [3.63, 3.8) is 0 Å². The van der Waals surface area contributed by atoms with Crippen LogP contribution in [-0.4, -0.2) is 49.7 Å². The Morgan fingerprint density at radius 1 is 1.38 bits per heavy atom. The van der Waals surface area contributed by atoms with E-state index in [1.54, 1.807) is 0 Å². The van der Waals surface area contributed by atoms with Gasteiger partial charge in [-0.3, -0.25) is 9.89 Å². The molecule has 1 unspecified atom stereocenters. The first kappa shape index (κ1) is 21.0. The van der Waals surface area contributed by atoms with Crippen molar-refractivity contribution in [2.24, 2.45) is 10.7 Å². The van der Waals surface area contributed by atoms with Gasteiger partial charge in [0.25, 0.3) is 0 Å². The third-order valence-corrected chi connectivity index (χ3v) is 4.29. The first-order chi connectivity index (χ1) is 11.2. The van der Waals surface area contributed by atoms with Crippen molar-refractivity contribution in [3.8, 4) is 5.75 Å². The largest absolute Gasteiger partial charge is 0.494 e. The van der Waals surface area contributed by atoms with E-state index >= 15 is 0 Å². The van der Waals surface area contributed by atoms with Crippen LogP contribution in [0.3, 0.4) is 0 Å². The summed E-state index contributed by atoms with van der Waals surface area (Å²) in [5.41, 5.74) is 7.17. The van der Waals surface area contributed by atoms with E-state index in [1.165, 1.54) is 24.9 Å². The van der Waals surface area contributed by atoms with Crippen LogP contribution < -0.4 is 15.8 Å². The molecule has 1 aromatic carbocycles. The summed E-state index contributed by atoms with van der Waals surface area (Å²) < 4.78 is 5.69. The molecule has 136 valence electrons. The molecule has 24 heavy (non-hydrogen) atoms. The average molecular weight is 446 g/mol. The summed E-state index contributed by atoms with van der Waals surface area (Å²) >= 11 is 0. The predicted molar refractivity (Wildman–Crippen MR) is 111 cm³/mol. The van der Waals surface area contributed by atoms with Gasteiger partial charge < -0.3 is 15.8 Å². The second-order valence-electron chi connectivity index (χ2n) is 6.09. The summed E-state index contributed by atoms with van der Waals surface area (Å²) in [6.07, 6.45) is 3.40. The maximum atomic E-state index is 5.93. The molecule has 1 aliphatic rings. The van der Waals surface area contributed by atoms with Crippen LogP contribution >= 0.6 is 24.0 Å². The lowest BCUT2D eigenvalue weighted by atomic mass is 10.2. The van der Waals surface area contributed by atoms with Gasteiger partial charge in [-0.15, -0.1) is 24.0 Å². The number of benzene rings is 1. The van der Waals surface area contributed by atoms with E-state index in [0.29, 0.717) is 18.6 Å². The summed E-state index contributed by atoms with van der Waals surface area (Å²) in [6.45, 7) is 8.83. The second kappa shape index (κ2) is 11.5. The molecule has 1 aromatic rings. The SMILES string of the molecule is CCN1CCCC1CN=C(N)NCCCOc1ccc(C)cc1.I. The molecule has 0 spiro atoms. The summed E-state index contributed by atoms with van der Waals surface area (Å²) in [5, 5.41) is 3.16. The van der Waals surface area contributed by atoms with Crippen LogP contribution in [0.15, 0.2) is 29.3 Å². The van der Waals surface area contributed by atoms with Gasteiger partial charge in [0.2, 0.25) is 0 Å². The summed E-state index contributed by atoms with van der Waals surface area (Å²) in [5.74, 6) is 1.46. The number of ether oxygens (including phenoxy) is 1. The molecule has 0 aromatic heterocycles. The van der Waals surface area contributed by atoms with Gasteiger partial charge in [0.1, 0.15) is 5.75 Å². The van der Waals surface area contributed by atoms with E-state index in [0.717, 1.165) is 31.8 Å². The Bertz CT molecular complexity index is 492. The normalized spacial score (nSPS) is 18.2. The van der Waals surface area contributed by atoms with Gasteiger partial charge >= 0.3 is 0 Å². The third-order valence-electron chi connectivity index (χ3n) is 4.29. The van der Waals surface area contributed by atoms with Gasteiger partial charge in [0.05, 0.1) is 13.2 Å². The van der Waals surface area contributed by atoms with Crippen LogP contribution in [-0.2, 0) is 0 Å². The Morgan fingerprint density at radius 3 is 2.83 bits per heavy atom. The van der Waals surface area contributed by atoms with Gasteiger partial charge in [-0.2, -0.15) is 0 Å². The summed E-state index contributed by atoms with van der Waals surface area (Å²) in [6, 6.07) is 8.67. The second-order valence-corrected chi connectivity index (χ2v) is 6.09. The number of likely N-dealkylation sites (N-methyl/N-ethyl adjacent to an activating group) is 1. The summed E-state index contributed by atoms with van der Waals surface area (Å²) in [7, 11) is 0. The number of likely N-dealkylation sites (tertiary alicyclic amines) is 1. The van der Waals surface area contributed by atoms with Crippen molar-refractivity contribution in [2.45, 2.75) is 39.2 Å². The lowest BCUT2D eigenvalue weighted by Gasteiger charge is -2.20. The highest BCUT2D eigenvalue weighted by Gasteiger charge is 2.22. The van der Waals surface area contributed by atoms with Crippen LogP contribution in [0, 0.1) is 6.92 Å². The molecular formula is C18H31IN4O. The zero-order valence-corrected chi connectivity index (χ0v) is 17.2. The highest BCUT2D eigenvalue weighted by atomic mass is 127. The Balaban J connectivity index is 0.00000288. The van der Waals surface area contributed by atoms with Crippen LogP contribution in [0.4, 0.5) is 0 Å². The third kappa shape index (κ3) is 7.25. The molecule has 6 heteroatoms. The predicted octanol–water partition coefficient (Wildman–Crippen LogP) is 2.77. The molecule has 1 fully saturated rings. The highest BCUT2D eigenvalue weighted by molar-refractivity contribution is 14.0. The molecule has 5 nitrogen and oxygen atoms in total. The van der Waals surface area contributed by atoms with E-state index in [1.807, 2.05) is 12.1 Å². The number of aliphatic imine (C=N–C) groups is 1. The standard InChI is InChI=1S/C18H30N4O.HI/c1-3-22-12-4-6-16(22)14-21-18(19)20-11-5-13-23-17-9-7-15(2)8-10-17;/h7-10,16H,3-6,11-14H2,1-2H3,(H3,19,20,21);1H. The molecule has 2 rings (SSSR count). The number of halogens is 1. The van der Waals surface area contributed by atoms with Gasteiger partial charge in [-0.25, -0.2) is 0 Å². The molecular weight excluding hydrogens is 415 g/mol. The van der Waals surface area contributed by atoms with Crippen LogP contribution in [0.2, 0.25) is 0 Å². The zero-order chi connectivity index (χ0) is 16.5. The van der Waals surface area contributed by atoms with Gasteiger partial charge in [0.15, 0.2) is 5.96 Å². The van der Waals surface area contributed by atoms with Gasteiger partial charge in [0, 0.05) is 12.6 Å². The lowest BCUT2D eigenvalue weighted by molar-refractivity contribution is 0.273. The number of hydrogen-bond donors (Lipinski definition) is 2. The average Bonchev–Trinajstić information content (AvgIpc) is 3.02. The van der Waals surface area contributed by atoms with Gasteiger partial charge in [-0.1, -0.05) is 24.6 Å². The quantitative estimate of drug-likeness (QED) is 0.279. The Kier molecular flexibility index (Phi) is 10.1. The number of hydrogen-bond acceptors (Lipinski definition) is 3. The van der Waals surface area contributed by atoms with E-state index in [9.17, 15) is 0 Å². The monoisotopic (exact) mass is 446 g/mol. The molecule has 1 saturated heterocycles. The van der Waals surface area contributed by atoms with Crippen LogP contribution in [0.25, 0.3) is 0 Å². The fourth-order valence-electron chi connectivity index (χ4n) is 2.89. The molecule has 1 aliphatic heterocycles. The van der Waals surface area contributed by atoms with E-state index in [-0.39, 0.29) is 24.0 Å². The number of guanidine groups is 1. The highest BCUT2D eigenvalue weighted by Crippen LogP contribution is 2.16. The van der Waals surface area contributed by atoms with Gasteiger partial charge in [-0.05, 0) is 51.4 Å². The van der Waals surface area contributed by atoms with E-state index in [2.05, 4.69) is 41.2 Å². The summed E-state index contributed by atoms with van der Waals surface area (Å²) in [4.78, 5) is 6.95. The van der Waals surface area contributed by atoms with Crippen molar-refractivity contribution in [3.05, 3.63) is 29.8 Å². The smallest absolute Gasteiger partial charge is 0.188 e. The molecule has 0 saturated carbocycles. The fourth-order valence-corrected chi connectivity index (χ4v) is 2.89. The number of nitrogens with two attached hydrogens (primary N) is 1. The minimum Gasteiger partial charge on any atom is -0.494 e. The number of nitrogens with zero attached hydrogens (tertiary/aromatic N) is 2. The molecule has 1 atom stereocenters. The van der Waals surface area contributed by atoms with E-state index in [4.69, 9.17) is 10.5 Å². The molecule has 3 N–H and O–H groups in total. The first-order valence-corrected chi connectivity index (χ1v) is 8.66. The van der Waals surface area contributed by atoms with Crippen molar-refractivity contribution < 1.29 is 4.74 Å². The topological polar surface area (TPSA) is 62.9 Å². The maximum absolute atomic E-state index is 5.93. The van der Waals surface area contributed by atoms with Crippen molar-refractivity contribution in [2.75, 3.05) is 32.8 Å². The Labute approximate surface area is 163 Å². The van der Waals surface area contributed by atoms with E-state index < -0.39 is 0 Å². The minimum absolute atomic E-state index is 0. The molecule has 0 radical (unpaired) electrons. The molecule has 0 bridgehead atoms. The molecule has 0 amide bonds. The van der Waals surface area contributed by atoms with Crippen molar-refractivity contribution in [1.82, 2.24) is 10.2 Å². The Hall–Kier alpha value is -1.02. The van der Waals surface area contributed by atoms with Crippen LogP contribution in [0.5, 0.6) is 5.75 Å². The van der Waals surface area contributed by atoms with Crippen LogP contribution in [0.1, 0.15) is 31.7 Å². The number of aryl methyl sites for hydroxylation is 1. The Morgan fingerprint density at radius 2 is 2.12 bits per heavy atom.